The smallest absolute Gasteiger partial charge is 0.0644 e. The predicted molar refractivity (Wildman–Crippen MR) is 77.1 cm³/mol. The summed E-state index contributed by atoms with van der Waals surface area (Å²) >= 11 is 0. The fraction of sp³-hybridized carbons (Fsp3) is 0.800. The molecule has 1 atom stereocenters. The average molecular weight is 265 g/mol. The second kappa shape index (κ2) is 7.65. The highest BCUT2D eigenvalue weighted by Crippen LogP contribution is 2.29. The lowest BCUT2D eigenvalue weighted by atomic mass is 9.93. The van der Waals surface area contributed by atoms with Crippen molar-refractivity contribution in [3.05, 3.63) is 17.5 Å². The molecule has 1 unspecified atom stereocenters. The van der Waals surface area contributed by atoms with E-state index in [0.29, 0.717) is 12.6 Å². The molecule has 1 aliphatic rings. The van der Waals surface area contributed by atoms with Crippen molar-refractivity contribution in [3.8, 4) is 0 Å². The van der Waals surface area contributed by atoms with Crippen molar-refractivity contribution < 1.29 is 5.11 Å². The lowest BCUT2D eigenvalue weighted by Gasteiger charge is -2.24. The van der Waals surface area contributed by atoms with Gasteiger partial charge in [-0.15, -0.1) is 0 Å². The highest BCUT2D eigenvalue weighted by Gasteiger charge is 2.23. The Kier molecular flexibility index (Phi) is 5.86. The summed E-state index contributed by atoms with van der Waals surface area (Å²) in [5.74, 6) is 0. The average Bonchev–Trinajstić information content (AvgIpc) is 2.83. The predicted octanol–water partition coefficient (Wildman–Crippen LogP) is 2.42. The molecule has 1 aromatic heterocycles. The fourth-order valence-corrected chi connectivity index (χ4v) is 2.95. The van der Waals surface area contributed by atoms with Crippen molar-refractivity contribution in [1.29, 1.82) is 0 Å². The third-order valence-electron chi connectivity index (χ3n) is 4.00. The number of aliphatic hydroxyl groups excluding tert-OH is 1. The topological polar surface area (TPSA) is 50.1 Å². The first-order valence-corrected chi connectivity index (χ1v) is 7.75. The SMILES string of the molecule is CCCCCCNC1CCCc2c1cnn2CCO. The van der Waals surface area contributed by atoms with Crippen LogP contribution in [0.3, 0.4) is 0 Å². The maximum absolute atomic E-state index is 9.05. The minimum Gasteiger partial charge on any atom is -0.394 e. The van der Waals surface area contributed by atoms with E-state index in [4.69, 9.17) is 5.11 Å². The summed E-state index contributed by atoms with van der Waals surface area (Å²) in [6.07, 6.45) is 10.8. The fourth-order valence-electron chi connectivity index (χ4n) is 2.95. The minimum absolute atomic E-state index is 0.170. The largest absolute Gasteiger partial charge is 0.394 e. The van der Waals surface area contributed by atoms with Gasteiger partial charge >= 0.3 is 0 Å². The summed E-state index contributed by atoms with van der Waals surface area (Å²) in [7, 11) is 0. The van der Waals surface area contributed by atoms with Crippen LogP contribution in [0.25, 0.3) is 0 Å². The molecule has 4 nitrogen and oxygen atoms in total. The van der Waals surface area contributed by atoms with Gasteiger partial charge in [0.15, 0.2) is 0 Å². The molecule has 0 radical (unpaired) electrons. The maximum Gasteiger partial charge on any atom is 0.0644 e. The number of hydrogen-bond donors (Lipinski definition) is 2. The van der Waals surface area contributed by atoms with Gasteiger partial charge in [-0.05, 0) is 32.2 Å². The number of nitrogens with zero attached hydrogens (tertiary/aromatic N) is 2. The van der Waals surface area contributed by atoms with E-state index in [0.717, 1.165) is 13.0 Å². The van der Waals surface area contributed by atoms with Crippen molar-refractivity contribution in [2.75, 3.05) is 13.2 Å². The highest BCUT2D eigenvalue weighted by molar-refractivity contribution is 5.24. The Bertz CT molecular complexity index is 375. The summed E-state index contributed by atoms with van der Waals surface area (Å²) in [5, 5.41) is 17.1. The second-order valence-corrected chi connectivity index (χ2v) is 5.45. The molecular formula is C15H27N3O. The number of fused-ring (bicyclic) bond motifs is 1. The molecule has 0 bridgehead atoms. The molecule has 0 aliphatic heterocycles. The zero-order chi connectivity index (χ0) is 13.5. The van der Waals surface area contributed by atoms with E-state index in [1.54, 1.807) is 0 Å². The second-order valence-electron chi connectivity index (χ2n) is 5.45. The normalized spacial score (nSPS) is 18.5. The van der Waals surface area contributed by atoms with E-state index in [9.17, 15) is 0 Å². The Hall–Kier alpha value is -0.870. The van der Waals surface area contributed by atoms with Gasteiger partial charge in [0.05, 0.1) is 19.3 Å². The van der Waals surface area contributed by atoms with E-state index in [1.807, 2.05) is 10.9 Å². The molecule has 0 aromatic carbocycles. The van der Waals surface area contributed by atoms with E-state index >= 15 is 0 Å². The zero-order valence-electron chi connectivity index (χ0n) is 12.1. The van der Waals surface area contributed by atoms with Gasteiger partial charge in [0.1, 0.15) is 0 Å². The van der Waals surface area contributed by atoms with Crippen LogP contribution in [-0.4, -0.2) is 28.0 Å². The zero-order valence-corrected chi connectivity index (χ0v) is 12.1. The Morgan fingerprint density at radius 3 is 3.11 bits per heavy atom. The minimum atomic E-state index is 0.170. The first-order valence-electron chi connectivity index (χ1n) is 7.75. The maximum atomic E-state index is 9.05. The molecule has 0 saturated heterocycles. The van der Waals surface area contributed by atoms with Crippen LogP contribution in [0.2, 0.25) is 0 Å². The monoisotopic (exact) mass is 265 g/mol. The quantitative estimate of drug-likeness (QED) is 0.710. The highest BCUT2D eigenvalue weighted by atomic mass is 16.3. The molecule has 1 heterocycles. The van der Waals surface area contributed by atoms with Crippen molar-refractivity contribution in [2.24, 2.45) is 0 Å². The van der Waals surface area contributed by atoms with Gasteiger partial charge in [0, 0.05) is 17.3 Å². The summed E-state index contributed by atoms with van der Waals surface area (Å²) in [5.41, 5.74) is 2.68. The van der Waals surface area contributed by atoms with Gasteiger partial charge < -0.3 is 10.4 Å². The number of hydrogen-bond acceptors (Lipinski definition) is 3. The molecule has 0 amide bonds. The molecule has 0 saturated carbocycles. The van der Waals surface area contributed by atoms with E-state index < -0.39 is 0 Å². The van der Waals surface area contributed by atoms with Crippen LogP contribution in [0.5, 0.6) is 0 Å². The molecule has 0 fully saturated rings. The van der Waals surface area contributed by atoms with Crippen LogP contribution in [0, 0.1) is 0 Å². The third kappa shape index (κ3) is 3.80. The molecule has 1 aromatic rings. The van der Waals surface area contributed by atoms with E-state index in [2.05, 4.69) is 17.3 Å². The van der Waals surface area contributed by atoms with Gasteiger partial charge in [-0.3, -0.25) is 4.68 Å². The Morgan fingerprint density at radius 1 is 1.42 bits per heavy atom. The number of aromatic nitrogens is 2. The molecular weight excluding hydrogens is 238 g/mol. The van der Waals surface area contributed by atoms with Crippen molar-refractivity contribution in [1.82, 2.24) is 15.1 Å². The lowest BCUT2D eigenvalue weighted by molar-refractivity contribution is 0.266. The molecule has 0 spiro atoms. The van der Waals surface area contributed by atoms with E-state index in [1.165, 1.54) is 49.8 Å². The number of aliphatic hydroxyl groups is 1. The molecule has 1 aliphatic carbocycles. The standard InChI is InChI=1S/C15H27N3O/c1-2-3-4-5-9-16-14-7-6-8-15-13(14)12-17-18(15)10-11-19/h12,14,16,19H,2-11H2,1H3. The summed E-state index contributed by atoms with van der Waals surface area (Å²) in [6, 6.07) is 0.470. The van der Waals surface area contributed by atoms with Gasteiger partial charge in [0.2, 0.25) is 0 Å². The van der Waals surface area contributed by atoms with Crippen molar-refractivity contribution in [2.45, 2.75) is 64.5 Å². The number of nitrogens with one attached hydrogen (secondary N) is 1. The Labute approximate surface area is 116 Å². The van der Waals surface area contributed by atoms with Crippen molar-refractivity contribution >= 4 is 0 Å². The first-order chi connectivity index (χ1) is 9.36. The number of rotatable bonds is 8. The van der Waals surface area contributed by atoms with Gasteiger partial charge in [-0.25, -0.2) is 0 Å². The van der Waals surface area contributed by atoms with Gasteiger partial charge in [0.25, 0.3) is 0 Å². The Morgan fingerprint density at radius 2 is 2.32 bits per heavy atom. The first kappa shape index (κ1) is 14.5. The summed E-state index contributed by atoms with van der Waals surface area (Å²) < 4.78 is 1.97. The lowest BCUT2D eigenvalue weighted by Crippen LogP contribution is -2.26. The number of unbranched alkanes of at least 4 members (excludes halogenated alkanes) is 3. The molecule has 19 heavy (non-hydrogen) atoms. The third-order valence-corrected chi connectivity index (χ3v) is 4.00. The molecule has 2 N–H and O–H groups in total. The van der Waals surface area contributed by atoms with Crippen molar-refractivity contribution in [3.63, 3.8) is 0 Å². The molecule has 2 rings (SSSR count). The molecule has 108 valence electrons. The van der Waals surface area contributed by atoms with Crippen LogP contribution in [-0.2, 0) is 13.0 Å². The summed E-state index contributed by atoms with van der Waals surface area (Å²) in [4.78, 5) is 0. The molecule has 4 heteroatoms. The van der Waals surface area contributed by atoms with Gasteiger partial charge in [-0.2, -0.15) is 5.10 Å². The van der Waals surface area contributed by atoms with Gasteiger partial charge in [-0.1, -0.05) is 26.2 Å². The van der Waals surface area contributed by atoms with Crippen LogP contribution in [0.4, 0.5) is 0 Å². The van der Waals surface area contributed by atoms with Crippen LogP contribution < -0.4 is 5.32 Å². The summed E-state index contributed by atoms with van der Waals surface area (Å²) in [6.45, 7) is 4.15. The Balaban J connectivity index is 1.87. The van der Waals surface area contributed by atoms with Crippen LogP contribution in [0.1, 0.15) is 62.7 Å². The van der Waals surface area contributed by atoms with E-state index in [-0.39, 0.29) is 6.61 Å². The van der Waals surface area contributed by atoms with Crippen LogP contribution >= 0.6 is 0 Å². The van der Waals surface area contributed by atoms with Crippen LogP contribution in [0.15, 0.2) is 6.20 Å².